The number of alkyl halides is 2. The van der Waals surface area contributed by atoms with E-state index in [1.165, 1.54) is 24.3 Å². The largest absolute Gasteiger partial charge is 0.486 e. The highest BCUT2D eigenvalue weighted by atomic mass is 35.5. The highest BCUT2D eigenvalue weighted by molar-refractivity contribution is 6.32. The maximum absolute atomic E-state index is 12.1. The molecule has 132 valence electrons. The van der Waals surface area contributed by atoms with Crippen molar-refractivity contribution >= 4 is 23.2 Å². The van der Waals surface area contributed by atoms with E-state index < -0.39 is 6.61 Å². The number of amides is 1. The molecule has 1 amide bonds. The van der Waals surface area contributed by atoms with Crippen molar-refractivity contribution in [3.8, 4) is 17.2 Å². The fourth-order valence-electron chi connectivity index (χ4n) is 2.38. The summed E-state index contributed by atoms with van der Waals surface area (Å²) in [5.41, 5.74) is 1.14. The molecule has 1 heterocycles. The van der Waals surface area contributed by atoms with E-state index in [1.54, 1.807) is 12.1 Å². The Morgan fingerprint density at radius 1 is 1.20 bits per heavy atom. The van der Waals surface area contributed by atoms with Gasteiger partial charge in [0, 0.05) is 5.69 Å². The van der Waals surface area contributed by atoms with Gasteiger partial charge in [0.25, 0.3) is 0 Å². The third-order valence-corrected chi connectivity index (χ3v) is 3.67. The van der Waals surface area contributed by atoms with Gasteiger partial charge in [-0.1, -0.05) is 11.6 Å². The van der Waals surface area contributed by atoms with Crippen LogP contribution in [-0.2, 0) is 11.2 Å². The molecule has 0 radical (unpaired) electrons. The molecule has 2 aromatic carbocycles. The minimum atomic E-state index is -2.89. The topological polar surface area (TPSA) is 56.8 Å². The molecule has 0 aromatic heterocycles. The SMILES string of the molecule is O=C(Cc1cc(Cl)c2c(c1)OCCO2)Nc1ccc(OC(F)F)cc1. The van der Waals surface area contributed by atoms with Crippen molar-refractivity contribution in [2.24, 2.45) is 0 Å². The number of anilines is 1. The molecule has 1 aliphatic rings. The number of rotatable bonds is 5. The van der Waals surface area contributed by atoms with Crippen LogP contribution in [0.3, 0.4) is 0 Å². The molecule has 0 aliphatic carbocycles. The summed E-state index contributed by atoms with van der Waals surface area (Å²) in [5, 5.41) is 3.06. The molecule has 3 rings (SSSR count). The number of carbonyl (C=O) groups excluding carboxylic acids is 1. The molecule has 1 aliphatic heterocycles. The second-order valence-electron chi connectivity index (χ2n) is 5.23. The summed E-state index contributed by atoms with van der Waals surface area (Å²) >= 11 is 6.14. The fraction of sp³-hybridized carbons (Fsp3) is 0.235. The van der Waals surface area contributed by atoms with Gasteiger partial charge in [-0.25, -0.2) is 0 Å². The molecule has 0 saturated heterocycles. The molecule has 0 saturated carbocycles. The minimum Gasteiger partial charge on any atom is -0.486 e. The second-order valence-corrected chi connectivity index (χ2v) is 5.64. The maximum Gasteiger partial charge on any atom is 0.387 e. The number of hydrogen-bond acceptors (Lipinski definition) is 4. The molecule has 8 heteroatoms. The van der Waals surface area contributed by atoms with Crippen LogP contribution in [0, 0.1) is 0 Å². The van der Waals surface area contributed by atoms with Crippen LogP contribution >= 0.6 is 11.6 Å². The first-order valence-corrected chi connectivity index (χ1v) is 7.82. The summed E-state index contributed by atoms with van der Waals surface area (Å²) in [6, 6.07) is 9.01. The lowest BCUT2D eigenvalue weighted by Gasteiger charge is -2.20. The number of ether oxygens (including phenoxy) is 3. The predicted octanol–water partition coefficient (Wildman–Crippen LogP) is 3.89. The van der Waals surface area contributed by atoms with E-state index >= 15 is 0 Å². The zero-order valence-electron chi connectivity index (χ0n) is 12.9. The number of hydrogen-bond donors (Lipinski definition) is 1. The Bertz CT molecular complexity index is 768. The molecule has 0 unspecified atom stereocenters. The zero-order valence-corrected chi connectivity index (χ0v) is 13.7. The lowest BCUT2D eigenvalue weighted by Crippen LogP contribution is -2.17. The van der Waals surface area contributed by atoms with Crippen molar-refractivity contribution in [3.63, 3.8) is 0 Å². The van der Waals surface area contributed by atoms with Crippen LogP contribution in [0.5, 0.6) is 17.2 Å². The van der Waals surface area contributed by atoms with Crippen molar-refractivity contribution in [1.82, 2.24) is 0 Å². The van der Waals surface area contributed by atoms with Gasteiger partial charge in [-0.15, -0.1) is 0 Å². The van der Waals surface area contributed by atoms with Gasteiger partial charge in [0.15, 0.2) is 11.5 Å². The highest BCUT2D eigenvalue weighted by Crippen LogP contribution is 2.38. The van der Waals surface area contributed by atoms with E-state index in [2.05, 4.69) is 10.1 Å². The van der Waals surface area contributed by atoms with Crippen LogP contribution in [0.1, 0.15) is 5.56 Å². The fourth-order valence-corrected chi connectivity index (χ4v) is 2.66. The third-order valence-electron chi connectivity index (χ3n) is 3.38. The summed E-state index contributed by atoms with van der Waals surface area (Å²) in [6.45, 7) is -2.04. The van der Waals surface area contributed by atoms with E-state index in [4.69, 9.17) is 21.1 Å². The monoisotopic (exact) mass is 369 g/mol. The summed E-state index contributed by atoms with van der Waals surface area (Å²) in [6.07, 6.45) is 0.0750. The van der Waals surface area contributed by atoms with Crippen molar-refractivity contribution in [2.75, 3.05) is 18.5 Å². The molecular formula is C17H14ClF2NO4. The summed E-state index contributed by atoms with van der Waals surface area (Å²) in [4.78, 5) is 12.1. The zero-order chi connectivity index (χ0) is 17.8. The van der Waals surface area contributed by atoms with Crippen molar-refractivity contribution in [2.45, 2.75) is 13.0 Å². The maximum atomic E-state index is 12.1. The van der Waals surface area contributed by atoms with E-state index in [-0.39, 0.29) is 18.1 Å². The average molecular weight is 370 g/mol. The lowest BCUT2D eigenvalue weighted by molar-refractivity contribution is -0.115. The van der Waals surface area contributed by atoms with E-state index in [9.17, 15) is 13.6 Å². The minimum absolute atomic E-state index is 0.0200. The van der Waals surface area contributed by atoms with E-state index in [0.29, 0.717) is 41.0 Å². The first-order chi connectivity index (χ1) is 12.0. The van der Waals surface area contributed by atoms with Crippen molar-refractivity contribution in [1.29, 1.82) is 0 Å². The standard InChI is InChI=1S/C17H14ClF2NO4/c18-13-7-10(8-14-16(13)24-6-5-23-14)9-15(22)21-11-1-3-12(4-2-11)25-17(19)20/h1-4,7-8,17H,5-6,9H2,(H,21,22). The van der Waals surface area contributed by atoms with Crippen LogP contribution in [0.25, 0.3) is 0 Å². The molecule has 0 bridgehead atoms. The molecule has 0 atom stereocenters. The van der Waals surface area contributed by atoms with Gasteiger partial charge < -0.3 is 19.5 Å². The quantitative estimate of drug-likeness (QED) is 0.868. The van der Waals surface area contributed by atoms with Crippen LogP contribution in [0.15, 0.2) is 36.4 Å². The Labute approximate surface area is 147 Å². The average Bonchev–Trinajstić information content (AvgIpc) is 2.56. The highest BCUT2D eigenvalue weighted by Gasteiger charge is 2.17. The van der Waals surface area contributed by atoms with Crippen LogP contribution in [0.4, 0.5) is 14.5 Å². The Morgan fingerprint density at radius 3 is 2.64 bits per heavy atom. The number of fused-ring (bicyclic) bond motifs is 1. The van der Waals surface area contributed by atoms with Crippen molar-refractivity contribution in [3.05, 3.63) is 47.0 Å². The lowest BCUT2D eigenvalue weighted by atomic mass is 10.1. The summed E-state index contributed by atoms with van der Waals surface area (Å²) in [5.74, 6) is 0.726. The molecule has 2 aromatic rings. The van der Waals surface area contributed by atoms with Gasteiger partial charge in [0.05, 0.1) is 11.4 Å². The number of carbonyl (C=O) groups is 1. The Hall–Kier alpha value is -2.54. The van der Waals surface area contributed by atoms with Gasteiger partial charge in [-0.2, -0.15) is 8.78 Å². The van der Waals surface area contributed by atoms with Gasteiger partial charge in [-0.05, 0) is 42.0 Å². The van der Waals surface area contributed by atoms with Crippen LogP contribution < -0.4 is 19.5 Å². The molecular weight excluding hydrogens is 356 g/mol. The number of benzene rings is 2. The summed E-state index contributed by atoms with van der Waals surface area (Å²) in [7, 11) is 0. The first-order valence-electron chi connectivity index (χ1n) is 7.44. The first kappa shape index (κ1) is 17.3. The molecule has 0 spiro atoms. The van der Waals surface area contributed by atoms with Crippen LogP contribution in [-0.4, -0.2) is 25.7 Å². The molecule has 0 fully saturated rings. The van der Waals surface area contributed by atoms with E-state index in [0.717, 1.165) is 0 Å². The normalized spacial score (nSPS) is 12.8. The smallest absolute Gasteiger partial charge is 0.387 e. The second kappa shape index (κ2) is 7.57. The molecule has 5 nitrogen and oxygen atoms in total. The van der Waals surface area contributed by atoms with Gasteiger partial charge in [-0.3, -0.25) is 4.79 Å². The number of nitrogens with one attached hydrogen (secondary N) is 1. The summed E-state index contributed by atoms with van der Waals surface area (Å²) < 4.78 is 39.4. The van der Waals surface area contributed by atoms with Gasteiger partial charge in [0.2, 0.25) is 5.91 Å². The third kappa shape index (κ3) is 4.51. The number of halogens is 3. The molecule has 25 heavy (non-hydrogen) atoms. The Kier molecular flexibility index (Phi) is 5.23. The Balaban J connectivity index is 1.63. The van der Waals surface area contributed by atoms with E-state index in [1.807, 2.05) is 0 Å². The predicted molar refractivity (Wildman–Crippen MR) is 87.8 cm³/mol. The van der Waals surface area contributed by atoms with Crippen LogP contribution in [0.2, 0.25) is 5.02 Å². The Morgan fingerprint density at radius 2 is 1.92 bits per heavy atom. The molecule has 1 N–H and O–H groups in total. The van der Waals surface area contributed by atoms with Crippen molar-refractivity contribution < 1.29 is 27.8 Å². The van der Waals surface area contributed by atoms with Gasteiger partial charge in [0.1, 0.15) is 19.0 Å². The van der Waals surface area contributed by atoms with Gasteiger partial charge >= 0.3 is 6.61 Å².